The van der Waals surface area contributed by atoms with Gasteiger partial charge in [0, 0.05) is 19.4 Å². The van der Waals surface area contributed by atoms with E-state index in [9.17, 15) is 0 Å². The molecule has 0 spiro atoms. The van der Waals surface area contributed by atoms with Crippen LogP contribution >= 0.6 is 12.6 Å². The van der Waals surface area contributed by atoms with E-state index < -0.39 is 0 Å². The number of aromatic nitrogens is 2. The van der Waals surface area contributed by atoms with E-state index in [1.807, 2.05) is 13.2 Å². The zero-order valence-corrected chi connectivity index (χ0v) is 4.77. The van der Waals surface area contributed by atoms with Gasteiger partial charge in [0.1, 0.15) is 0 Å². The summed E-state index contributed by atoms with van der Waals surface area (Å²) in [4.78, 5) is 3.79. The average Bonchev–Trinajstić information content (AvgIpc) is 1.91. The Bertz CT molecular complexity index is 142. The molecule has 0 aliphatic carbocycles. The highest BCUT2D eigenvalue weighted by Crippen LogP contribution is 1.96. The van der Waals surface area contributed by atoms with Crippen molar-refractivity contribution >= 4 is 12.6 Å². The van der Waals surface area contributed by atoms with E-state index in [1.165, 1.54) is 0 Å². The van der Waals surface area contributed by atoms with Crippen LogP contribution in [0.1, 0.15) is 0 Å². The largest absolute Gasteiger partial charge is 0.325 e. The second kappa shape index (κ2) is 1.50. The van der Waals surface area contributed by atoms with Crippen LogP contribution in [0.15, 0.2) is 17.6 Å². The normalized spacial score (nSPS) is 9.29. The predicted molar refractivity (Wildman–Crippen MR) is 29.1 cm³/mol. The average molecular weight is 113 g/mol. The smallest absolute Gasteiger partial charge is 0.199 e. The minimum atomic E-state index is 0.639. The van der Waals surface area contributed by atoms with Gasteiger partial charge in [-0.2, -0.15) is 0 Å². The molecule has 0 aliphatic heterocycles. The van der Waals surface area contributed by atoms with Crippen molar-refractivity contribution in [2.45, 2.75) is 5.16 Å². The van der Waals surface area contributed by atoms with Gasteiger partial charge in [-0.1, -0.05) is 0 Å². The molecule has 0 aliphatic rings. The first-order valence-corrected chi connectivity index (χ1v) is 2.36. The maximum absolute atomic E-state index is 4.74. The molecule has 0 aromatic carbocycles. The Balaban J connectivity index is 3.12. The number of aryl methyl sites for hydroxylation is 1. The standard InChI is InChI=1S/C4H5N2S/c1-6-3-2-5-4(6)7/h2-3H,1H3. The van der Waals surface area contributed by atoms with Crippen LogP contribution in [0, 0.1) is 0 Å². The van der Waals surface area contributed by atoms with Gasteiger partial charge in [0.05, 0.1) is 0 Å². The molecule has 1 radical (unpaired) electrons. The van der Waals surface area contributed by atoms with Gasteiger partial charge in [0.15, 0.2) is 5.16 Å². The molecule has 0 amide bonds. The fraction of sp³-hybridized carbons (Fsp3) is 0.250. The molecule has 0 unspecified atom stereocenters. The quantitative estimate of drug-likeness (QED) is 0.490. The number of nitrogens with zero attached hydrogens (tertiary/aromatic N) is 2. The van der Waals surface area contributed by atoms with Gasteiger partial charge in [-0.25, -0.2) is 4.98 Å². The predicted octanol–water partition coefficient (Wildman–Crippen LogP) is 0.976. The molecule has 0 N–H and O–H groups in total. The monoisotopic (exact) mass is 113 g/mol. The summed E-state index contributed by atoms with van der Waals surface area (Å²) in [6.45, 7) is 0. The molecule has 0 atom stereocenters. The number of imidazole rings is 1. The highest BCUT2D eigenvalue weighted by atomic mass is 32.1. The summed E-state index contributed by atoms with van der Waals surface area (Å²) < 4.78 is 1.79. The van der Waals surface area contributed by atoms with Gasteiger partial charge in [-0.05, 0) is 12.6 Å². The summed E-state index contributed by atoms with van der Waals surface area (Å²) in [7, 11) is 1.87. The third-order valence-electron chi connectivity index (χ3n) is 0.777. The maximum atomic E-state index is 4.74. The Morgan fingerprint density at radius 2 is 2.57 bits per heavy atom. The van der Waals surface area contributed by atoms with Gasteiger partial charge < -0.3 is 4.57 Å². The first kappa shape index (κ1) is 4.59. The van der Waals surface area contributed by atoms with Crippen molar-refractivity contribution in [2.24, 2.45) is 7.05 Å². The van der Waals surface area contributed by atoms with Crippen molar-refractivity contribution in [3.8, 4) is 0 Å². The summed E-state index contributed by atoms with van der Waals surface area (Å²) in [5.74, 6) is 0. The molecule has 0 saturated heterocycles. The minimum Gasteiger partial charge on any atom is -0.325 e. The molecular formula is C4H5N2S. The lowest BCUT2D eigenvalue weighted by Crippen LogP contribution is -1.83. The van der Waals surface area contributed by atoms with E-state index in [-0.39, 0.29) is 0 Å². The van der Waals surface area contributed by atoms with Gasteiger partial charge in [-0.15, -0.1) is 0 Å². The molecule has 1 rings (SSSR count). The lowest BCUT2D eigenvalue weighted by atomic mass is 10.9. The third kappa shape index (κ3) is 0.718. The Morgan fingerprint density at radius 1 is 1.86 bits per heavy atom. The van der Waals surface area contributed by atoms with E-state index in [2.05, 4.69) is 4.98 Å². The van der Waals surface area contributed by atoms with Crippen LogP contribution in [-0.4, -0.2) is 9.55 Å². The fourth-order valence-electron chi connectivity index (χ4n) is 0.352. The Labute approximate surface area is 47.6 Å². The second-order valence-corrected chi connectivity index (χ2v) is 1.69. The van der Waals surface area contributed by atoms with Crippen LogP contribution < -0.4 is 0 Å². The van der Waals surface area contributed by atoms with Gasteiger partial charge >= 0.3 is 0 Å². The first-order chi connectivity index (χ1) is 3.30. The Morgan fingerprint density at radius 3 is 2.71 bits per heavy atom. The first-order valence-electron chi connectivity index (χ1n) is 1.95. The lowest BCUT2D eigenvalue weighted by Gasteiger charge is -1.84. The van der Waals surface area contributed by atoms with E-state index in [0.29, 0.717) is 5.16 Å². The van der Waals surface area contributed by atoms with Crippen LogP contribution in [0.3, 0.4) is 0 Å². The topological polar surface area (TPSA) is 17.8 Å². The van der Waals surface area contributed by atoms with Gasteiger partial charge in [-0.3, -0.25) is 0 Å². The lowest BCUT2D eigenvalue weighted by molar-refractivity contribution is 0.794. The zero-order chi connectivity index (χ0) is 5.28. The van der Waals surface area contributed by atoms with Crippen LogP contribution in [0.5, 0.6) is 0 Å². The molecule has 7 heavy (non-hydrogen) atoms. The van der Waals surface area contributed by atoms with E-state index in [4.69, 9.17) is 12.6 Å². The maximum Gasteiger partial charge on any atom is 0.199 e. The van der Waals surface area contributed by atoms with E-state index in [0.717, 1.165) is 0 Å². The molecule has 0 saturated carbocycles. The highest BCUT2D eigenvalue weighted by molar-refractivity contribution is 7.80. The van der Waals surface area contributed by atoms with Crippen LogP contribution in [0.25, 0.3) is 0 Å². The van der Waals surface area contributed by atoms with E-state index in [1.54, 1.807) is 10.8 Å². The summed E-state index contributed by atoms with van der Waals surface area (Å²) in [5, 5.41) is 0.639. The molecule has 0 fully saturated rings. The Hall–Kier alpha value is -0.570. The van der Waals surface area contributed by atoms with Crippen molar-refractivity contribution in [1.82, 2.24) is 9.55 Å². The van der Waals surface area contributed by atoms with Crippen molar-refractivity contribution < 1.29 is 0 Å². The SMILES string of the molecule is Cn1ccnc1[S]. The zero-order valence-electron chi connectivity index (χ0n) is 3.96. The fourth-order valence-corrected chi connectivity index (χ4v) is 0.474. The van der Waals surface area contributed by atoms with E-state index >= 15 is 0 Å². The molecule has 1 heterocycles. The second-order valence-electron chi connectivity index (χ2n) is 1.32. The molecular weight excluding hydrogens is 108 g/mol. The molecule has 1 aromatic rings. The van der Waals surface area contributed by atoms with Crippen LogP contribution in [0.4, 0.5) is 0 Å². The third-order valence-corrected chi connectivity index (χ3v) is 1.17. The molecule has 1 aromatic heterocycles. The number of hydrogen-bond donors (Lipinski definition) is 0. The Kier molecular flexibility index (Phi) is 0.982. The summed E-state index contributed by atoms with van der Waals surface area (Å²) in [6, 6.07) is 0. The van der Waals surface area contributed by atoms with Crippen LogP contribution in [-0.2, 0) is 7.05 Å². The molecule has 0 bridgehead atoms. The highest BCUT2D eigenvalue weighted by Gasteiger charge is 1.86. The van der Waals surface area contributed by atoms with Crippen molar-refractivity contribution in [3.63, 3.8) is 0 Å². The van der Waals surface area contributed by atoms with Crippen molar-refractivity contribution in [1.29, 1.82) is 0 Å². The molecule has 3 heteroatoms. The summed E-state index contributed by atoms with van der Waals surface area (Å²) >= 11 is 4.74. The van der Waals surface area contributed by atoms with Gasteiger partial charge in [0.25, 0.3) is 0 Å². The van der Waals surface area contributed by atoms with Crippen molar-refractivity contribution in [2.75, 3.05) is 0 Å². The van der Waals surface area contributed by atoms with Gasteiger partial charge in [0.2, 0.25) is 0 Å². The van der Waals surface area contributed by atoms with Crippen LogP contribution in [0.2, 0.25) is 0 Å². The minimum absolute atomic E-state index is 0.639. The molecule has 37 valence electrons. The number of hydrogen-bond acceptors (Lipinski definition) is 1. The number of rotatable bonds is 0. The molecule has 2 nitrogen and oxygen atoms in total. The summed E-state index contributed by atoms with van der Waals surface area (Å²) in [6.07, 6.45) is 3.50. The van der Waals surface area contributed by atoms with Crippen molar-refractivity contribution in [3.05, 3.63) is 12.4 Å². The summed E-state index contributed by atoms with van der Waals surface area (Å²) in [5.41, 5.74) is 0.